The van der Waals surface area contributed by atoms with Crippen LogP contribution in [0.1, 0.15) is 30.9 Å². The molecule has 0 bridgehead atoms. The van der Waals surface area contributed by atoms with Gasteiger partial charge >= 0.3 is 0 Å². The summed E-state index contributed by atoms with van der Waals surface area (Å²) in [5.41, 5.74) is 1.04. The summed E-state index contributed by atoms with van der Waals surface area (Å²) in [6.45, 7) is 2.32. The number of halogens is 2. The molecule has 1 heterocycles. The van der Waals surface area contributed by atoms with Crippen molar-refractivity contribution in [1.29, 1.82) is 0 Å². The first-order valence-electron chi connectivity index (χ1n) is 6.03. The zero-order valence-electron chi connectivity index (χ0n) is 9.70. The maximum atomic E-state index is 9.22. The van der Waals surface area contributed by atoms with Gasteiger partial charge in [-0.25, -0.2) is 0 Å². The van der Waals surface area contributed by atoms with Crippen molar-refractivity contribution in [2.45, 2.75) is 25.3 Å². The molecular formula is C13H17Cl2NO. The number of nitrogens with zero attached hydrogens (tertiary/aromatic N) is 1. The Balaban J connectivity index is 2.27. The lowest BCUT2D eigenvalue weighted by Crippen LogP contribution is -2.26. The van der Waals surface area contributed by atoms with Crippen LogP contribution in [0.5, 0.6) is 0 Å². The van der Waals surface area contributed by atoms with E-state index in [4.69, 9.17) is 23.2 Å². The maximum Gasteiger partial charge on any atom is 0.0640 e. The molecule has 17 heavy (non-hydrogen) atoms. The Morgan fingerprint density at radius 1 is 1.24 bits per heavy atom. The summed E-state index contributed by atoms with van der Waals surface area (Å²) in [6, 6.07) is 5.92. The lowest BCUT2D eigenvalue weighted by Gasteiger charge is -2.28. The number of hydrogen-bond donors (Lipinski definition) is 1. The second-order valence-electron chi connectivity index (χ2n) is 4.41. The summed E-state index contributed by atoms with van der Waals surface area (Å²) >= 11 is 12.3. The van der Waals surface area contributed by atoms with Crippen molar-refractivity contribution in [3.63, 3.8) is 0 Å². The molecule has 4 heteroatoms. The molecule has 1 unspecified atom stereocenters. The van der Waals surface area contributed by atoms with Gasteiger partial charge < -0.3 is 5.11 Å². The minimum atomic E-state index is 0.171. The summed E-state index contributed by atoms with van der Waals surface area (Å²) in [7, 11) is 0. The molecule has 1 saturated heterocycles. The van der Waals surface area contributed by atoms with E-state index in [1.165, 1.54) is 12.8 Å². The Kier molecular flexibility index (Phi) is 4.69. The van der Waals surface area contributed by atoms with Crippen LogP contribution in [0.25, 0.3) is 0 Å². The molecule has 2 rings (SSSR count). The molecule has 2 nitrogen and oxygen atoms in total. The summed E-state index contributed by atoms with van der Waals surface area (Å²) in [4.78, 5) is 2.38. The van der Waals surface area contributed by atoms with Gasteiger partial charge in [0.1, 0.15) is 0 Å². The molecule has 1 aromatic carbocycles. The molecule has 0 aliphatic carbocycles. The first-order valence-corrected chi connectivity index (χ1v) is 6.78. The maximum absolute atomic E-state index is 9.22. The first-order chi connectivity index (χ1) is 8.24. The van der Waals surface area contributed by atoms with Crippen LogP contribution in [-0.2, 0) is 0 Å². The third-order valence-corrected chi connectivity index (χ3v) is 4.16. The highest BCUT2D eigenvalue weighted by Crippen LogP contribution is 2.35. The van der Waals surface area contributed by atoms with Gasteiger partial charge in [-0.15, -0.1) is 0 Å². The van der Waals surface area contributed by atoms with Gasteiger partial charge in [-0.2, -0.15) is 0 Å². The molecular weight excluding hydrogens is 257 g/mol. The van der Waals surface area contributed by atoms with Crippen LogP contribution in [-0.4, -0.2) is 29.7 Å². The van der Waals surface area contributed by atoms with Crippen LogP contribution in [0.15, 0.2) is 18.2 Å². The fraction of sp³-hybridized carbons (Fsp3) is 0.538. The standard InChI is InChI=1S/C13H17Cl2NO/c14-11-5-3-4-10(13(11)15)12(6-9-17)16-7-1-2-8-16/h3-5,12,17H,1-2,6-9H2. The Bertz CT molecular complexity index is 378. The zero-order chi connectivity index (χ0) is 12.3. The van der Waals surface area contributed by atoms with Crippen molar-refractivity contribution < 1.29 is 5.11 Å². The quantitative estimate of drug-likeness (QED) is 0.908. The normalized spacial score (nSPS) is 18.5. The van der Waals surface area contributed by atoms with Gasteiger partial charge in [0.2, 0.25) is 0 Å². The van der Waals surface area contributed by atoms with Crippen molar-refractivity contribution in [3.8, 4) is 0 Å². The van der Waals surface area contributed by atoms with Gasteiger partial charge in [0.15, 0.2) is 0 Å². The van der Waals surface area contributed by atoms with Crippen molar-refractivity contribution in [1.82, 2.24) is 4.90 Å². The van der Waals surface area contributed by atoms with Gasteiger partial charge in [-0.1, -0.05) is 35.3 Å². The topological polar surface area (TPSA) is 23.5 Å². The summed E-state index contributed by atoms with van der Waals surface area (Å²) < 4.78 is 0. The second-order valence-corrected chi connectivity index (χ2v) is 5.20. The number of hydrogen-bond acceptors (Lipinski definition) is 2. The summed E-state index contributed by atoms with van der Waals surface area (Å²) in [6.07, 6.45) is 3.15. The van der Waals surface area contributed by atoms with E-state index >= 15 is 0 Å². The molecule has 0 aromatic heterocycles. The van der Waals surface area contributed by atoms with Crippen molar-refractivity contribution in [2.75, 3.05) is 19.7 Å². The average Bonchev–Trinajstić information content (AvgIpc) is 2.84. The zero-order valence-corrected chi connectivity index (χ0v) is 11.2. The van der Waals surface area contributed by atoms with Crippen LogP contribution in [0.3, 0.4) is 0 Å². The number of rotatable bonds is 4. The number of benzene rings is 1. The molecule has 0 saturated carbocycles. The molecule has 1 aliphatic rings. The fourth-order valence-electron chi connectivity index (χ4n) is 2.49. The molecule has 0 radical (unpaired) electrons. The number of aliphatic hydroxyl groups excluding tert-OH is 1. The highest BCUT2D eigenvalue weighted by atomic mass is 35.5. The second kappa shape index (κ2) is 6.05. The number of likely N-dealkylation sites (tertiary alicyclic amines) is 1. The predicted octanol–water partition coefficient (Wildman–Crippen LogP) is 3.51. The highest BCUT2D eigenvalue weighted by Gasteiger charge is 2.25. The highest BCUT2D eigenvalue weighted by molar-refractivity contribution is 6.42. The van der Waals surface area contributed by atoms with Gasteiger partial charge in [0, 0.05) is 12.6 Å². The van der Waals surface area contributed by atoms with Crippen molar-refractivity contribution in [3.05, 3.63) is 33.8 Å². The smallest absolute Gasteiger partial charge is 0.0640 e. The van der Waals surface area contributed by atoms with E-state index in [0.29, 0.717) is 16.5 Å². The third-order valence-electron chi connectivity index (χ3n) is 3.32. The van der Waals surface area contributed by atoms with Crippen molar-refractivity contribution >= 4 is 23.2 Å². The minimum absolute atomic E-state index is 0.171. The Morgan fingerprint density at radius 2 is 1.94 bits per heavy atom. The molecule has 0 amide bonds. The van der Waals surface area contributed by atoms with E-state index in [2.05, 4.69) is 4.90 Å². The van der Waals surface area contributed by atoms with E-state index in [1.54, 1.807) is 6.07 Å². The van der Waals surface area contributed by atoms with Crippen LogP contribution < -0.4 is 0 Å². The average molecular weight is 274 g/mol. The SMILES string of the molecule is OCCC(c1cccc(Cl)c1Cl)N1CCCC1. The van der Waals surface area contributed by atoms with Gasteiger partial charge in [-0.05, 0) is 44.0 Å². The predicted molar refractivity (Wildman–Crippen MR) is 71.7 cm³/mol. The number of aliphatic hydroxyl groups is 1. The largest absolute Gasteiger partial charge is 0.396 e. The van der Waals surface area contributed by atoms with E-state index in [0.717, 1.165) is 18.7 Å². The van der Waals surface area contributed by atoms with Crippen LogP contribution in [0, 0.1) is 0 Å². The monoisotopic (exact) mass is 273 g/mol. The summed E-state index contributed by atoms with van der Waals surface area (Å²) in [5, 5.41) is 10.4. The fourth-order valence-corrected chi connectivity index (χ4v) is 2.92. The van der Waals surface area contributed by atoms with Crippen molar-refractivity contribution in [2.24, 2.45) is 0 Å². The molecule has 1 fully saturated rings. The van der Waals surface area contributed by atoms with Gasteiger partial charge in [0.25, 0.3) is 0 Å². The van der Waals surface area contributed by atoms with E-state index in [9.17, 15) is 5.11 Å². The summed E-state index contributed by atoms with van der Waals surface area (Å²) in [5.74, 6) is 0. The lowest BCUT2D eigenvalue weighted by molar-refractivity contribution is 0.185. The van der Waals surface area contributed by atoms with Crippen LogP contribution in [0.4, 0.5) is 0 Å². The molecule has 0 spiro atoms. The van der Waals surface area contributed by atoms with Gasteiger partial charge in [-0.3, -0.25) is 4.90 Å². The molecule has 94 valence electrons. The van der Waals surface area contributed by atoms with E-state index in [1.807, 2.05) is 12.1 Å². The Hall–Kier alpha value is -0.280. The first kappa shape index (κ1) is 13.2. The van der Waals surface area contributed by atoms with Gasteiger partial charge in [0.05, 0.1) is 10.0 Å². The van der Waals surface area contributed by atoms with E-state index < -0.39 is 0 Å². The molecule has 1 aromatic rings. The van der Waals surface area contributed by atoms with E-state index in [-0.39, 0.29) is 12.6 Å². The van der Waals surface area contributed by atoms with Crippen LogP contribution >= 0.6 is 23.2 Å². The van der Waals surface area contributed by atoms with Crippen LogP contribution in [0.2, 0.25) is 10.0 Å². The Morgan fingerprint density at radius 3 is 2.59 bits per heavy atom. The minimum Gasteiger partial charge on any atom is -0.396 e. The lowest BCUT2D eigenvalue weighted by atomic mass is 10.0. The molecule has 1 aliphatic heterocycles. The Labute approximate surface area is 112 Å². The third kappa shape index (κ3) is 2.94. The molecule has 1 atom stereocenters. The molecule has 1 N–H and O–H groups in total.